The van der Waals surface area contributed by atoms with Gasteiger partial charge in [-0.25, -0.2) is 0 Å². The van der Waals surface area contributed by atoms with E-state index in [2.05, 4.69) is 16.0 Å². The molecule has 5 N–H and O–H groups in total. The Morgan fingerprint density at radius 1 is 0.744 bits per heavy atom. The van der Waals surface area contributed by atoms with Crippen molar-refractivity contribution in [1.29, 1.82) is 0 Å². The Balaban J connectivity index is 0.00000423. The maximum Gasteiger partial charge on any atom is 0.253 e. The van der Waals surface area contributed by atoms with Gasteiger partial charge in [-0.15, -0.1) is 12.4 Å². The number of ether oxygens (including phenoxy) is 1. The van der Waals surface area contributed by atoms with E-state index in [1.54, 1.807) is 0 Å². The second-order valence-corrected chi connectivity index (χ2v) is 10.5. The molecule has 0 aliphatic carbocycles. The first-order chi connectivity index (χ1) is 20.5. The van der Waals surface area contributed by atoms with Gasteiger partial charge in [0.25, 0.3) is 11.8 Å². The van der Waals surface area contributed by atoms with Crippen molar-refractivity contribution in [3.63, 3.8) is 0 Å². The fourth-order valence-corrected chi connectivity index (χ4v) is 5.18. The van der Waals surface area contributed by atoms with E-state index in [9.17, 15) is 14.4 Å². The first-order valence-corrected chi connectivity index (χ1v) is 14.4. The zero-order valence-electron chi connectivity index (χ0n) is 23.8. The summed E-state index contributed by atoms with van der Waals surface area (Å²) in [5.41, 5.74) is 8.48. The summed E-state index contributed by atoms with van der Waals surface area (Å²) in [6.07, 6.45) is -0.0375. The number of hydrogen-bond donors (Lipinski definition) is 4. The Morgan fingerprint density at radius 3 is 2.02 bits per heavy atom. The monoisotopic (exact) mass is 600 g/mol. The topological polar surface area (TPSA) is 126 Å². The molecule has 0 radical (unpaired) electrons. The van der Waals surface area contributed by atoms with Gasteiger partial charge in [-0.2, -0.15) is 0 Å². The predicted molar refractivity (Wildman–Crippen MR) is 171 cm³/mol. The third-order valence-electron chi connectivity index (χ3n) is 7.52. The molecule has 0 spiro atoms. The van der Waals surface area contributed by atoms with Crippen LogP contribution in [0.1, 0.15) is 36.3 Å². The number of benzene rings is 4. The van der Waals surface area contributed by atoms with E-state index in [0.29, 0.717) is 31.6 Å². The number of fused-ring (bicyclic) bond motifs is 1. The van der Waals surface area contributed by atoms with Crippen molar-refractivity contribution >= 4 is 46.6 Å². The van der Waals surface area contributed by atoms with Gasteiger partial charge in [0.05, 0.1) is 0 Å². The van der Waals surface area contributed by atoms with Gasteiger partial charge in [0, 0.05) is 23.5 Å². The summed E-state index contributed by atoms with van der Waals surface area (Å²) in [7, 11) is 0. The lowest BCUT2D eigenvalue weighted by Crippen LogP contribution is -2.46. The van der Waals surface area contributed by atoms with Crippen molar-refractivity contribution in [2.75, 3.05) is 18.4 Å². The quantitative estimate of drug-likeness (QED) is 0.133. The SMILES string of the molecule is Cl.NCCCC[C@H](NC(=O)[C@H]1O[C@@H]1C(=O)NCC(c1ccccc1)c1ccccc1)C(=O)Nc1cccc2ccccc12. The molecule has 1 heterocycles. The molecular formula is C34H37ClN4O4. The average molecular weight is 601 g/mol. The third-order valence-corrected chi connectivity index (χ3v) is 7.52. The molecule has 1 aliphatic rings. The number of nitrogens with two attached hydrogens (primary N) is 1. The van der Waals surface area contributed by atoms with Crippen molar-refractivity contribution in [2.45, 2.75) is 43.4 Å². The molecule has 9 heteroatoms. The number of carbonyl (C=O) groups is 3. The molecule has 4 aromatic carbocycles. The molecule has 43 heavy (non-hydrogen) atoms. The molecule has 1 aliphatic heterocycles. The normalized spacial score (nSPS) is 16.1. The maximum absolute atomic E-state index is 13.3. The van der Waals surface area contributed by atoms with Gasteiger partial charge in [-0.3, -0.25) is 14.4 Å². The minimum absolute atomic E-state index is 0. The second-order valence-electron chi connectivity index (χ2n) is 10.5. The van der Waals surface area contributed by atoms with Crippen LogP contribution in [0.25, 0.3) is 10.8 Å². The van der Waals surface area contributed by atoms with Crippen LogP contribution >= 0.6 is 12.4 Å². The second kappa shape index (κ2) is 15.3. The Kier molecular flexibility index (Phi) is 11.3. The van der Waals surface area contributed by atoms with Gasteiger partial charge in [-0.1, -0.05) is 97.1 Å². The number of amides is 3. The summed E-state index contributed by atoms with van der Waals surface area (Å²) < 4.78 is 5.49. The van der Waals surface area contributed by atoms with Crippen LogP contribution in [0.4, 0.5) is 5.69 Å². The van der Waals surface area contributed by atoms with Gasteiger partial charge in [-0.05, 0) is 48.4 Å². The van der Waals surface area contributed by atoms with Gasteiger partial charge < -0.3 is 26.4 Å². The van der Waals surface area contributed by atoms with E-state index in [1.165, 1.54) is 0 Å². The summed E-state index contributed by atoms with van der Waals surface area (Å²) in [6, 6.07) is 32.6. The van der Waals surface area contributed by atoms with E-state index in [-0.39, 0.29) is 30.1 Å². The highest BCUT2D eigenvalue weighted by atomic mass is 35.5. The Hall–Kier alpha value is -4.24. The lowest BCUT2D eigenvalue weighted by Gasteiger charge is -2.19. The minimum Gasteiger partial charge on any atom is -0.353 e. The summed E-state index contributed by atoms with van der Waals surface area (Å²) >= 11 is 0. The van der Waals surface area contributed by atoms with Gasteiger partial charge in [0.2, 0.25) is 5.91 Å². The number of rotatable bonds is 13. The fraction of sp³-hybridized carbons (Fsp3) is 0.265. The fourth-order valence-electron chi connectivity index (χ4n) is 5.18. The van der Waals surface area contributed by atoms with Crippen LogP contribution in [0.3, 0.4) is 0 Å². The molecule has 1 fully saturated rings. The van der Waals surface area contributed by atoms with Crippen LogP contribution in [0.5, 0.6) is 0 Å². The smallest absolute Gasteiger partial charge is 0.253 e. The Morgan fingerprint density at radius 2 is 1.35 bits per heavy atom. The number of hydrogen-bond acceptors (Lipinski definition) is 5. The van der Waals surface area contributed by atoms with Crippen molar-refractivity contribution < 1.29 is 19.1 Å². The number of halogens is 1. The maximum atomic E-state index is 13.3. The van der Waals surface area contributed by atoms with Gasteiger partial charge in [0.1, 0.15) is 6.04 Å². The van der Waals surface area contributed by atoms with E-state index in [4.69, 9.17) is 10.5 Å². The van der Waals surface area contributed by atoms with Crippen molar-refractivity contribution in [3.05, 3.63) is 114 Å². The van der Waals surface area contributed by atoms with Crippen molar-refractivity contribution in [1.82, 2.24) is 10.6 Å². The number of anilines is 1. The molecule has 0 unspecified atom stereocenters. The molecule has 3 atom stereocenters. The largest absolute Gasteiger partial charge is 0.353 e. The lowest BCUT2D eigenvalue weighted by molar-refractivity contribution is -0.127. The number of nitrogens with one attached hydrogen (secondary N) is 3. The highest BCUT2D eigenvalue weighted by Crippen LogP contribution is 2.27. The van der Waals surface area contributed by atoms with Crippen LogP contribution in [-0.2, 0) is 19.1 Å². The minimum atomic E-state index is -0.945. The number of unbranched alkanes of at least 4 members (excludes halogenated alkanes) is 1. The highest BCUT2D eigenvalue weighted by molar-refractivity contribution is 6.05. The molecule has 0 bridgehead atoms. The number of carbonyl (C=O) groups excluding carboxylic acids is 3. The predicted octanol–water partition coefficient (Wildman–Crippen LogP) is 4.53. The van der Waals surface area contributed by atoms with E-state index < -0.39 is 24.2 Å². The molecule has 224 valence electrons. The highest BCUT2D eigenvalue weighted by Gasteiger charge is 2.51. The van der Waals surface area contributed by atoms with Crippen LogP contribution in [0, 0.1) is 0 Å². The summed E-state index contributed by atoms with van der Waals surface area (Å²) in [5.74, 6) is -1.21. The van der Waals surface area contributed by atoms with Gasteiger partial charge in [0.15, 0.2) is 12.2 Å². The molecule has 1 saturated heterocycles. The zero-order chi connectivity index (χ0) is 29.3. The van der Waals surface area contributed by atoms with E-state index in [1.807, 2.05) is 103 Å². The molecule has 0 aromatic heterocycles. The first-order valence-electron chi connectivity index (χ1n) is 14.4. The molecule has 5 rings (SSSR count). The first kappa shape index (κ1) is 31.7. The standard InChI is InChI=1S/C34H36N4O4.ClH/c35-21-10-9-19-29(32(39)37-28-20-11-17-23-16-7-8-18-26(23)28)38-34(41)31-30(42-31)33(40)36-22-27(24-12-3-1-4-13-24)25-14-5-2-6-15-25;/h1-8,11-18,20,27,29-31H,9-10,19,21-22,35H2,(H,36,40)(H,37,39)(H,38,41);1H/t29-,30-,31-;/m0./s1. The zero-order valence-corrected chi connectivity index (χ0v) is 24.6. The number of epoxide rings is 1. The van der Waals surface area contributed by atoms with Crippen LogP contribution in [0.15, 0.2) is 103 Å². The van der Waals surface area contributed by atoms with Crippen molar-refractivity contribution in [2.24, 2.45) is 5.73 Å². The summed E-state index contributed by atoms with van der Waals surface area (Å²) in [5, 5.41) is 10.6. The molecular weight excluding hydrogens is 564 g/mol. The Bertz CT molecular complexity index is 1470. The van der Waals surface area contributed by atoms with Crippen LogP contribution in [-0.4, -0.2) is 49.1 Å². The summed E-state index contributed by atoms with van der Waals surface area (Å²) in [6.45, 7) is 0.850. The van der Waals surface area contributed by atoms with Gasteiger partial charge >= 0.3 is 0 Å². The third kappa shape index (κ3) is 8.20. The summed E-state index contributed by atoms with van der Waals surface area (Å²) in [4.78, 5) is 39.4. The average Bonchev–Trinajstić information content (AvgIpc) is 3.83. The molecule has 8 nitrogen and oxygen atoms in total. The van der Waals surface area contributed by atoms with Crippen LogP contribution < -0.4 is 21.7 Å². The molecule has 0 saturated carbocycles. The van der Waals surface area contributed by atoms with E-state index in [0.717, 1.165) is 28.3 Å². The molecule has 3 amide bonds. The Labute approximate surface area is 257 Å². The van der Waals surface area contributed by atoms with Crippen molar-refractivity contribution in [3.8, 4) is 0 Å². The van der Waals surface area contributed by atoms with Crippen LogP contribution in [0.2, 0.25) is 0 Å². The molecule has 4 aromatic rings. The van der Waals surface area contributed by atoms with E-state index >= 15 is 0 Å². The lowest BCUT2D eigenvalue weighted by atomic mass is 9.91.